The lowest BCUT2D eigenvalue weighted by molar-refractivity contribution is -0.149. The van der Waals surface area contributed by atoms with E-state index in [2.05, 4.69) is 18.7 Å². The normalized spacial score (nSPS) is 21.3. The summed E-state index contributed by atoms with van der Waals surface area (Å²) in [5, 5.41) is 9.06. The minimum absolute atomic E-state index is 0.195. The van der Waals surface area contributed by atoms with E-state index < -0.39 is 5.97 Å². The predicted octanol–water partition coefficient (Wildman–Crippen LogP) is 1.68. The number of aliphatic carboxylic acids is 1. The lowest BCUT2D eigenvalue weighted by Gasteiger charge is -2.45. The maximum absolute atomic E-state index is 11.0. The van der Waals surface area contributed by atoms with Gasteiger partial charge in [0.1, 0.15) is 6.04 Å². The first-order valence-electron chi connectivity index (χ1n) is 5.40. The second kappa shape index (κ2) is 4.30. The Morgan fingerprint density at radius 1 is 1.29 bits per heavy atom. The van der Waals surface area contributed by atoms with Crippen LogP contribution in [0, 0.1) is 17.8 Å². The Morgan fingerprint density at radius 3 is 2.07 bits per heavy atom. The molecule has 0 aliphatic carbocycles. The van der Waals surface area contributed by atoms with Crippen LogP contribution in [0.1, 0.15) is 27.7 Å². The van der Waals surface area contributed by atoms with Gasteiger partial charge in [-0.15, -0.1) is 0 Å². The van der Waals surface area contributed by atoms with Crippen LogP contribution >= 0.6 is 0 Å². The Bertz CT molecular complexity index is 207. The van der Waals surface area contributed by atoms with Gasteiger partial charge in [-0.3, -0.25) is 9.69 Å². The van der Waals surface area contributed by atoms with Gasteiger partial charge >= 0.3 is 5.97 Å². The Kier molecular flexibility index (Phi) is 3.53. The molecule has 1 heterocycles. The van der Waals surface area contributed by atoms with E-state index in [-0.39, 0.29) is 12.0 Å². The first-order valence-corrected chi connectivity index (χ1v) is 5.40. The second-order valence-corrected chi connectivity index (χ2v) is 4.99. The molecule has 14 heavy (non-hydrogen) atoms. The van der Waals surface area contributed by atoms with Crippen molar-refractivity contribution in [3.05, 3.63) is 0 Å². The summed E-state index contributed by atoms with van der Waals surface area (Å²) in [5.41, 5.74) is 0. The second-order valence-electron chi connectivity index (χ2n) is 4.99. The fraction of sp³-hybridized carbons (Fsp3) is 0.909. The van der Waals surface area contributed by atoms with Crippen LogP contribution < -0.4 is 0 Å². The molecule has 0 bridgehead atoms. The third-order valence-corrected chi connectivity index (χ3v) is 3.16. The van der Waals surface area contributed by atoms with Crippen molar-refractivity contribution in [2.24, 2.45) is 17.8 Å². The van der Waals surface area contributed by atoms with Gasteiger partial charge in [-0.1, -0.05) is 27.7 Å². The van der Waals surface area contributed by atoms with E-state index in [1.54, 1.807) is 0 Å². The standard InChI is InChI=1S/C11H21NO2/c1-7(2)9-5-12(6-9)10(8(3)4)11(13)14/h7-10H,5-6H2,1-4H3,(H,13,14). The zero-order valence-electron chi connectivity index (χ0n) is 9.53. The minimum Gasteiger partial charge on any atom is -0.480 e. The highest BCUT2D eigenvalue weighted by Gasteiger charge is 2.38. The molecule has 0 spiro atoms. The molecule has 0 aromatic heterocycles. The minimum atomic E-state index is -0.679. The van der Waals surface area contributed by atoms with Gasteiger partial charge < -0.3 is 5.11 Å². The van der Waals surface area contributed by atoms with Gasteiger partial charge in [0.25, 0.3) is 0 Å². The maximum Gasteiger partial charge on any atom is 0.321 e. The van der Waals surface area contributed by atoms with Crippen LogP contribution in [-0.4, -0.2) is 35.1 Å². The molecular weight excluding hydrogens is 178 g/mol. The number of carboxylic acid groups (broad SMARTS) is 1. The fourth-order valence-electron chi connectivity index (χ4n) is 2.06. The van der Waals surface area contributed by atoms with Crippen LogP contribution in [0.3, 0.4) is 0 Å². The zero-order chi connectivity index (χ0) is 10.9. The predicted molar refractivity (Wildman–Crippen MR) is 56.2 cm³/mol. The van der Waals surface area contributed by atoms with Gasteiger partial charge in [0.15, 0.2) is 0 Å². The van der Waals surface area contributed by atoms with Crippen LogP contribution in [-0.2, 0) is 4.79 Å². The number of hydrogen-bond donors (Lipinski definition) is 1. The van der Waals surface area contributed by atoms with Gasteiger partial charge in [-0.05, 0) is 17.8 Å². The average Bonchev–Trinajstić information content (AvgIpc) is 1.92. The molecule has 3 nitrogen and oxygen atoms in total. The largest absolute Gasteiger partial charge is 0.480 e. The third-order valence-electron chi connectivity index (χ3n) is 3.16. The molecule has 0 aromatic rings. The smallest absolute Gasteiger partial charge is 0.321 e. The molecule has 1 rings (SSSR count). The Morgan fingerprint density at radius 2 is 1.79 bits per heavy atom. The Hall–Kier alpha value is -0.570. The summed E-state index contributed by atoms with van der Waals surface area (Å²) < 4.78 is 0. The molecule has 0 aromatic carbocycles. The number of hydrogen-bond acceptors (Lipinski definition) is 2. The molecule has 1 aliphatic rings. The van der Waals surface area contributed by atoms with Crippen molar-refractivity contribution >= 4 is 5.97 Å². The highest BCUT2D eigenvalue weighted by Crippen LogP contribution is 2.27. The molecule has 0 radical (unpaired) electrons. The summed E-state index contributed by atoms with van der Waals surface area (Å²) in [4.78, 5) is 13.1. The monoisotopic (exact) mass is 199 g/mol. The first-order chi connectivity index (χ1) is 6.43. The number of rotatable bonds is 4. The highest BCUT2D eigenvalue weighted by atomic mass is 16.4. The van der Waals surface area contributed by atoms with E-state index in [0.29, 0.717) is 11.8 Å². The molecule has 1 unspecified atom stereocenters. The molecular formula is C11H21NO2. The topological polar surface area (TPSA) is 40.5 Å². The van der Waals surface area contributed by atoms with Crippen LogP contribution in [0.15, 0.2) is 0 Å². The molecule has 0 amide bonds. The number of nitrogens with zero attached hydrogens (tertiary/aromatic N) is 1. The SMILES string of the molecule is CC(C)C1CN(C(C(=O)O)C(C)C)C1. The van der Waals surface area contributed by atoms with Crippen molar-refractivity contribution in [3.63, 3.8) is 0 Å². The van der Waals surface area contributed by atoms with E-state index in [1.807, 2.05) is 13.8 Å². The Balaban J connectivity index is 2.47. The maximum atomic E-state index is 11.0. The summed E-state index contributed by atoms with van der Waals surface area (Å²) in [6.07, 6.45) is 0. The van der Waals surface area contributed by atoms with Crippen LogP contribution in [0.5, 0.6) is 0 Å². The highest BCUT2D eigenvalue weighted by molar-refractivity contribution is 5.73. The van der Waals surface area contributed by atoms with Crippen molar-refractivity contribution < 1.29 is 9.90 Å². The van der Waals surface area contributed by atoms with Gasteiger partial charge in [0.2, 0.25) is 0 Å². The summed E-state index contributed by atoms with van der Waals surface area (Å²) in [6.45, 7) is 10.3. The summed E-state index contributed by atoms with van der Waals surface area (Å²) >= 11 is 0. The molecule has 1 N–H and O–H groups in total. The number of carbonyl (C=O) groups is 1. The van der Waals surface area contributed by atoms with E-state index in [1.165, 1.54) is 0 Å². The van der Waals surface area contributed by atoms with Crippen molar-refractivity contribution in [2.75, 3.05) is 13.1 Å². The molecule has 82 valence electrons. The van der Waals surface area contributed by atoms with Crippen LogP contribution in [0.4, 0.5) is 0 Å². The fourth-order valence-corrected chi connectivity index (χ4v) is 2.06. The van der Waals surface area contributed by atoms with E-state index in [0.717, 1.165) is 13.1 Å². The molecule has 1 saturated heterocycles. The zero-order valence-corrected chi connectivity index (χ0v) is 9.53. The van der Waals surface area contributed by atoms with E-state index in [9.17, 15) is 4.79 Å². The summed E-state index contributed by atoms with van der Waals surface area (Å²) in [7, 11) is 0. The van der Waals surface area contributed by atoms with Crippen molar-refractivity contribution in [3.8, 4) is 0 Å². The number of likely N-dealkylation sites (tertiary alicyclic amines) is 1. The van der Waals surface area contributed by atoms with Crippen molar-refractivity contribution in [2.45, 2.75) is 33.7 Å². The van der Waals surface area contributed by atoms with E-state index >= 15 is 0 Å². The van der Waals surface area contributed by atoms with Crippen molar-refractivity contribution in [1.29, 1.82) is 0 Å². The van der Waals surface area contributed by atoms with Crippen LogP contribution in [0.25, 0.3) is 0 Å². The molecule has 3 heteroatoms. The Labute approximate surface area is 86.1 Å². The molecule has 1 atom stereocenters. The van der Waals surface area contributed by atoms with Crippen molar-refractivity contribution in [1.82, 2.24) is 4.90 Å². The summed E-state index contributed by atoms with van der Waals surface area (Å²) in [6, 6.07) is -0.287. The summed E-state index contributed by atoms with van der Waals surface area (Å²) in [5.74, 6) is 0.881. The van der Waals surface area contributed by atoms with Gasteiger partial charge in [-0.2, -0.15) is 0 Å². The van der Waals surface area contributed by atoms with Gasteiger partial charge in [-0.25, -0.2) is 0 Å². The first kappa shape index (κ1) is 11.5. The quantitative estimate of drug-likeness (QED) is 0.749. The van der Waals surface area contributed by atoms with E-state index in [4.69, 9.17) is 5.11 Å². The molecule has 0 saturated carbocycles. The van der Waals surface area contributed by atoms with Gasteiger partial charge in [0.05, 0.1) is 0 Å². The lowest BCUT2D eigenvalue weighted by Crippen LogP contribution is -2.57. The van der Waals surface area contributed by atoms with Gasteiger partial charge in [0, 0.05) is 13.1 Å². The average molecular weight is 199 g/mol. The number of carboxylic acids is 1. The lowest BCUT2D eigenvalue weighted by atomic mass is 9.85. The third kappa shape index (κ3) is 2.27. The molecule has 1 fully saturated rings. The van der Waals surface area contributed by atoms with Crippen LogP contribution in [0.2, 0.25) is 0 Å². The molecule has 1 aliphatic heterocycles.